The Morgan fingerprint density at radius 3 is 2.67 bits per heavy atom. The molecule has 1 saturated heterocycles. The van der Waals surface area contributed by atoms with Crippen LogP contribution >= 0.6 is 0 Å². The average Bonchev–Trinajstić information content (AvgIpc) is 2.64. The number of nitrogens with zero attached hydrogens (tertiary/aromatic N) is 2. The standard InChI is InChI=1S/C18H20FN3O2/c19-16-5-3-14(4-6-16)18(23)21-13-17(15-2-1-7-20-12-15)22-8-10-24-11-9-22/h1-7,12,17H,8-11,13H2,(H,21,23)/t17-/m0/s1. The number of benzene rings is 1. The van der Waals surface area contributed by atoms with Crippen molar-refractivity contribution in [3.63, 3.8) is 0 Å². The van der Waals surface area contributed by atoms with E-state index in [4.69, 9.17) is 4.74 Å². The summed E-state index contributed by atoms with van der Waals surface area (Å²) in [6.45, 7) is 3.45. The molecular weight excluding hydrogens is 309 g/mol. The van der Waals surface area contributed by atoms with Crippen LogP contribution in [0.15, 0.2) is 48.8 Å². The van der Waals surface area contributed by atoms with Gasteiger partial charge in [0.2, 0.25) is 0 Å². The van der Waals surface area contributed by atoms with E-state index in [0.29, 0.717) is 25.3 Å². The van der Waals surface area contributed by atoms with Crippen LogP contribution in [0.1, 0.15) is 22.0 Å². The lowest BCUT2D eigenvalue weighted by Crippen LogP contribution is -2.43. The van der Waals surface area contributed by atoms with E-state index < -0.39 is 0 Å². The third-order valence-electron chi connectivity index (χ3n) is 4.12. The fraction of sp³-hybridized carbons (Fsp3) is 0.333. The predicted molar refractivity (Wildman–Crippen MR) is 88.1 cm³/mol. The minimum absolute atomic E-state index is 0.0343. The lowest BCUT2D eigenvalue weighted by atomic mass is 10.1. The van der Waals surface area contributed by atoms with E-state index in [9.17, 15) is 9.18 Å². The maximum Gasteiger partial charge on any atom is 0.251 e. The Labute approximate surface area is 140 Å². The van der Waals surface area contributed by atoms with E-state index in [2.05, 4.69) is 15.2 Å². The van der Waals surface area contributed by atoms with Crippen molar-refractivity contribution in [3.05, 3.63) is 65.7 Å². The highest BCUT2D eigenvalue weighted by Crippen LogP contribution is 2.20. The van der Waals surface area contributed by atoms with E-state index in [1.54, 1.807) is 6.20 Å². The number of morpholine rings is 1. The fourth-order valence-electron chi connectivity index (χ4n) is 2.81. The van der Waals surface area contributed by atoms with Crippen molar-refractivity contribution in [1.82, 2.24) is 15.2 Å². The molecule has 3 rings (SSSR count). The molecule has 126 valence electrons. The highest BCUT2D eigenvalue weighted by atomic mass is 19.1. The van der Waals surface area contributed by atoms with Gasteiger partial charge in [-0.2, -0.15) is 0 Å². The number of hydrogen-bond acceptors (Lipinski definition) is 4. The monoisotopic (exact) mass is 329 g/mol. The second kappa shape index (κ2) is 7.99. The molecule has 0 bridgehead atoms. The number of nitrogens with one attached hydrogen (secondary N) is 1. The quantitative estimate of drug-likeness (QED) is 0.912. The van der Waals surface area contributed by atoms with Crippen molar-refractivity contribution in [2.45, 2.75) is 6.04 Å². The summed E-state index contributed by atoms with van der Waals surface area (Å²) in [5, 5.41) is 2.94. The van der Waals surface area contributed by atoms with Gasteiger partial charge in [0.25, 0.3) is 5.91 Å². The molecule has 1 aromatic carbocycles. The fourth-order valence-corrected chi connectivity index (χ4v) is 2.81. The molecule has 2 aromatic rings. The zero-order valence-electron chi connectivity index (χ0n) is 13.3. The summed E-state index contributed by atoms with van der Waals surface area (Å²) in [5.41, 5.74) is 1.50. The first-order chi connectivity index (χ1) is 11.7. The van der Waals surface area contributed by atoms with Crippen LogP contribution in [-0.4, -0.2) is 48.6 Å². The van der Waals surface area contributed by atoms with Crippen LogP contribution in [-0.2, 0) is 4.74 Å². The molecule has 1 aliphatic heterocycles. The summed E-state index contributed by atoms with van der Waals surface area (Å²) in [7, 11) is 0. The maximum absolute atomic E-state index is 13.0. The van der Waals surface area contributed by atoms with Gasteiger partial charge in [0.1, 0.15) is 5.82 Å². The van der Waals surface area contributed by atoms with Crippen LogP contribution in [0.5, 0.6) is 0 Å². The van der Waals surface area contributed by atoms with Crippen molar-refractivity contribution < 1.29 is 13.9 Å². The first-order valence-corrected chi connectivity index (χ1v) is 7.99. The molecule has 1 amide bonds. The normalized spacial score (nSPS) is 16.5. The molecule has 24 heavy (non-hydrogen) atoms. The second-order valence-electron chi connectivity index (χ2n) is 5.67. The van der Waals surface area contributed by atoms with Crippen LogP contribution in [0.4, 0.5) is 4.39 Å². The smallest absolute Gasteiger partial charge is 0.251 e. The average molecular weight is 329 g/mol. The lowest BCUT2D eigenvalue weighted by molar-refractivity contribution is 0.0161. The minimum atomic E-state index is -0.354. The van der Waals surface area contributed by atoms with E-state index in [1.165, 1.54) is 24.3 Å². The SMILES string of the molecule is O=C(NC[C@@H](c1cccnc1)N1CCOCC1)c1ccc(F)cc1. The Bertz CT molecular complexity index is 658. The maximum atomic E-state index is 13.0. The van der Waals surface area contributed by atoms with Crippen LogP contribution < -0.4 is 5.32 Å². The summed E-state index contributed by atoms with van der Waals surface area (Å²) >= 11 is 0. The van der Waals surface area contributed by atoms with Gasteiger partial charge < -0.3 is 10.1 Å². The van der Waals surface area contributed by atoms with E-state index in [1.807, 2.05) is 18.3 Å². The number of rotatable bonds is 5. The van der Waals surface area contributed by atoms with Crippen LogP contribution in [0, 0.1) is 5.82 Å². The van der Waals surface area contributed by atoms with Gasteiger partial charge in [-0.1, -0.05) is 6.07 Å². The number of hydrogen-bond donors (Lipinski definition) is 1. The molecule has 6 heteroatoms. The number of pyridine rings is 1. The van der Waals surface area contributed by atoms with E-state index in [-0.39, 0.29) is 17.8 Å². The largest absolute Gasteiger partial charge is 0.379 e. The van der Waals surface area contributed by atoms with Gasteiger partial charge in [0.15, 0.2) is 0 Å². The third-order valence-corrected chi connectivity index (χ3v) is 4.12. The molecule has 1 aliphatic rings. The molecule has 0 aliphatic carbocycles. The summed E-state index contributed by atoms with van der Waals surface area (Å²) in [5.74, 6) is -0.565. The van der Waals surface area contributed by atoms with Gasteiger partial charge in [-0.25, -0.2) is 4.39 Å². The molecule has 2 heterocycles. The van der Waals surface area contributed by atoms with Gasteiger partial charge in [-0.15, -0.1) is 0 Å². The molecular formula is C18H20FN3O2. The minimum Gasteiger partial charge on any atom is -0.379 e. The Hall–Kier alpha value is -2.31. The summed E-state index contributed by atoms with van der Waals surface area (Å²) in [6, 6.07) is 9.48. The van der Waals surface area contributed by atoms with Crippen LogP contribution in [0.25, 0.3) is 0 Å². The number of amides is 1. The molecule has 1 aromatic heterocycles. The number of ether oxygens (including phenoxy) is 1. The van der Waals surface area contributed by atoms with E-state index >= 15 is 0 Å². The zero-order chi connectivity index (χ0) is 16.8. The van der Waals surface area contributed by atoms with Gasteiger partial charge in [0, 0.05) is 37.6 Å². The van der Waals surface area contributed by atoms with Crippen molar-refractivity contribution in [3.8, 4) is 0 Å². The molecule has 0 radical (unpaired) electrons. The van der Waals surface area contributed by atoms with Crippen molar-refractivity contribution in [1.29, 1.82) is 0 Å². The van der Waals surface area contributed by atoms with Crippen molar-refractivity contribution in [2.24, 2.45) is 0 Å². The number of halogens is 1. The van der Waals surface area contributed by atoms with Gasteiger partial charge in [-0.05, 0) is 35.9 Å². The molecule has 5 nitrogen and oxygen atoms in total. The third kappa shape index (κ3) is 4.15. The van der Waals surface area contributed by atoms with Crippen LogP contribution in [0.2, 0.25) is 0 Å². The van der Waals surface area contributed by atoms with Gasteiger partial charge >= 0.3 is 0 Å². The summed E-state index contributed by atoms with van der Waals surface area (Å²) < 4.78 is 18.4. The first-order valence-electron chi connectivity index (χ1n) is 7.99. The zero-order valence-corrected chi connectivity index (χ0v) is 13.3. The second-order valence-corrected chi connectivity index (χ2v) is 5.67. The number of aromatic nitrogens is 1. The Morgan fingerprint density at radius 1 is 1.25 bits per heavy atom. The highest BCUT2D eigenvalue weighted by molar-refractivity contribution is 5.94. The Balaban J connectivity index is 1.69. The molecule has 0 spiro atoms. The summed E-state index contributed by atoms with van der Waals surface area (Å²) in [4.78, 5) is 18.7. The summed E-state index contributed by atoms with van der Waals surface area (Å²) in [6.07, 6.45) is 3.56. The first kappa shape index (κ1) is 16.5. The lowest BCUT2D eigenvalue weighted by Gasteiger charge is -2.34. The predicted octanol–water partition coefficient (Wildman–Crippen LogP) is 2.02. The van der Waals surface area contributed by atoms with E-state index in [0.717, 1.165) is 18.7 Å². The molecule has 1 atom stereocenters. The van der Waals surface area contributed by atoms with Crippen molar-refractivity contribution >= 4 is 5.91 Å². The molecule has 0 unspecified atom stereocenters. The number of carbonyl (C=O) groups excluding carboxylic acids is 1. The molecule has 1 fully saturated rings. The van der Waals surface area contributed by atoms with Crippen molar-refractivity contribution in [2.75, 3.05) is 32.8 Å². The topological polar surface area (TPSA) is 54.5 Å². The van der Waals surface area contributed by atoms with Gasteiger partial charge in [-0.3, -0.25) is 14.7 Å². The Kier molecular flexibility index (Phi) is 5.51. The molecule has 0 saturated carbocycles. The number of carbonyl (C=O) groups is 1. The highest BCUT2D eigenvalue weighted by Gasteiger charge is 2.23. The Morgan fingerprint density at radius 2 is 2.00 bits per heavy atom. The molecule has 1 N–H and O–H groups in total. The van der Waals surface area contributed by atoms with Crippen LogP contribution in [0.3, 0.4) is 0 Å². The van der Waals surface area contributed by atoms with Gasteiger partial charge in [0.05, 0.1) is 19.3 Å².